The Bertz CT molecular complexity index is 884. The first-order valence-electron chi connectivity index (χ1n) is 7.30. The third-order valence-electron chi connectivity index (χ3n) is 2.93. The second kappa shape index (κ2) is 7.07. The van der Waals surface area contributed by atoms with Gasteiger partial charge in [-0.15, -0.1) is 0 Å². The summed E-state index contributed by atoms with van der Waals surface area (Å²) < 4.78 is 37.1. The minimum Gasteiger partial charge on any atom is -0.497 e. The number of methoxy groups -OCH3 is 1. The van der Waals surface area contributed by atoms with Gasteiger partial charge in [-0.1, -0.05) is 11.6 Å². The lowest BCUT2D eigenvalue weighted by Gasteiger charge is -2.18. The molecular formula is C16H19ClN2O5S. The second-order valence-corrected chi connectivity index (χ2v) is 8.29. The molecule has 0 unspecified atom stereocenters. The summed E-state index contributed by atoms with van der Waals surface area (Å²) in [5.41, 5.74) is -0.328. The van der Waals surface area contributed by atoms with E-state index in [1.54, 1.807) is 39.0 Å². The van der Waals surface area contributed by atoms with Gasteiger partial charge in [0.05, 0.1) is 17.8 Å². The summed E-state index contributed by atoms with van der Waals surface area (Å²) in [5, 5.41) is 2.50. The van der Waals surface area contributed by atoms with Crippen molar-refractivity contribution in [1.29, 1.82) is 0 Å². The van der Waals surface area contributed by atoms with Crippen LogP contribution in [0, 0.1) is 0 Å². The van der Waals surface area contributed by atoms with Gasteiger partial charge in [0.1, 0.15) is 5.75 Å². The van der Waals surface area contributed by atoms with E-state index in [0.717, 1.165) is 0 Å². The molecule has 0 bridgehead atoms. The Kier molecular flexibility index (Phi) is 5.46. The Balaban J connectivity index is 2.18. The minimum atomic E-state index is -3.86. The fourth-order valence-electron chi connectivity index (χ4n) is 1.95. The molecule has 0 aliphatic rings. The number of furan rings is 1. The molecule has 136 valence electrons. The number of anilines is 1. The Morgan fingerprint density at radius 3 is 2.44 bits per heavy atom. The number of sulfonamides is 1. The van der Waals surface area contributed by atoms with E-state index < -0.39 is 21.5 Å². The predicted octanol–water partition coefficient (Wildman–Crippen LogP) is 3.27. The highest BCUT2D eigenvalue weighted by atomic mass is 35.5. The molecule has 0 aliphatic heterocycles. The van der Waals surface area contributed by atoms with Crippen LogP contribution in [0.3, 0.4) is 0 Å². The minimum absolute atomic E-state index is 0.152. The molecule has 25 heavy (non-hydrogen) atoms. The summed E-state index contributed by atoms with van der Waals surface area (Å²) in [5.74, 6) is -0.229. The fourth-order valence-corrected chi connectivity index (χ4v) is 3.52. The zero-order valence-corrected chi connectivity index (χ0v) is 15.8. The normalized spacial score (nSPS) is 12.0. The van der Waals surface area contributed by atoms with Crippen molar-refractivity contribution in [3.8, 4) is 5.75 Å². The first-order chi connectivity index (χ1) is 11.5. The van der Waals surface area contributed by atoms with Crippen LogP contribution in [0.25, 0.3) is 0 Å². The van der Waals surface area contributed by atoms with E-state index in [-0.39, 0.29) is 15.9 Å². The molecule has 1 amide bonds. The standard InChI is InChI=1S/C16H19ClN2O5S/c1-16(2,3)19-25(21,22)14-8-7-13(24-14)15(20)18-12-6-5-10(23-4)9-11(12)17/h5-9,19H,1-4H3,(H,18,20). The number of rotatable bonds is 5. The molecule has 1 aromatic heterocycles. The average Bonchev–Trinajstić information content (AvgIpc) is 2.97. The van der Waals surface area contributed by atoms with Gasteiger partial charge in [-0.05, 0) is 45.0 Å². The van der Waals surface area contributed by atoms with Gasteiger partial charge in [-0.2, -0.15) is 0 Å². The molecule has 0 saturated carbocycles. The van der Waals surface area contributed by atoms with Gasteiger partial charge in [-0.25, -0.2) is 13.1 Å². The van der Waals surface area contributed by atoms with Gasteiger partial charge >= 0.3 is 0 Å². The van der Waals surface area contributed by atoms with Crippen LogP contribution >= 0.6 is 11.6 Å². The maximum Gasteiger partial charge on any atom is 0.291 e. The first-order valence-corrected chi connectivity index (χ1v) is 9.17. The van der Waals surface area contributed by atoms with E-state index in [0.29, 0.717) is 11.4 Å². The highest BCUT2D eigenvalue weighted by Gasteiger charge is 2.26. The van der Waals surface area contributed by atoms with E-state index >= 15 is 0 Å². The number of ether oxygens (including phenoxy) is 1. The van der Waals surface area contributed by atoms with Crippen LogP contribution in [-0.2, 0) is 10.0 Å². The van der Waals surface area contributed by atoms with Crippen molar-refractivity contribution in [2.45, 2.75) is 31.4 Å². The zero-order valence-electron chi connectivity index (χ0n) is 14.2. The molecule has 0 aliphatic carbocycles. The van der Waals surface area contributed by atoms with Crippen molar-refractivity contribution < 1.29 is 22.4 Å². The molecule has 1 heterocycles. The molecule has 0 spiro atoms. The van der Waals surface area contributed by atoms with Crippen molar-refractivity contribution in [3.05, 3.63) is 41.1 Å². The van der Waals surface area contributed by atoms with Crippen LogP contribution < -0.4 is 14.8 Å². The highest BCUT2D eigenvalue weighted by molar-refractivity contribution is 7.89. The molecule has 2 rings (SSSR count). The summed E-state index contributed by atoms with van der Waals surface area (Å²) in [4.78, 5) is 12.2. The third-order valence-corrected chi connectivity index (χ3v) is 4.88. The largest absolute Gasteiger partial charge is 0.497 e. The molecule has 2 N–H and O–H groups in total. The summed E-state index contributed by atoms with van der Waals surface area (Å²) >= 11 is 6.06. The van der Waals surface area contributed by atoms with Crippen LogP contribution in [0.5, 0.6) is 5.75 Å². The summed E-state index contributed by atoms with van der Waals surface area (Å²) in [6.45, 7) is 5.10. The summed E-state index contributed by atoms with van der Waals surface area (Å²) in [6.07, 6.45) is 0. The van der Waals surface area contributed by atoms with Crippen molar-refractivity contribution in [2.75, 3.05) is 12.4 Å². The molecule has 1 aromatic carbocycles. The Morgan fingerprint density at radius 2 is 1.88 bits per heavy atom. The topological polar surface area (TPSA) is 97.6 Å². The van der Waals surface area contributed by atoms with E-state index in [9.17, 15) is 13.2 Å². The van der Waals surface area contributed by atoms with Crippen LogP contribution in [0.1, 0.15) is 31.3 Å². The Labute approximate surface area is 151 Å². The molecule has 2 aromatic rings. The van der Waals surface area contributed by atoms with E-state index in [4.69, 9.17) is 20.8 Å². The van der Waals surface area contributed by atoms with Gasteiger partial charge < -0.3 is 14.5 Å². The smallest absolute Gasteiger partial charge is 0.291 e. The fraction of sp³-hybridized carbons (Fsp3) is 0.312. The number of nitrogens with one attached hydrogen (secondary N) is 2. The second-order valence-electron chi connectivity index (χ2n) is 6.27. The van der Waals surface area contributed by atoms with Crippen LogP contribution in [-0.4, -0.2) is 27.0 Å². The molecule has 0 fully saturated rings. The highest BCUT2D eigenvalue weighted by Crippen LogP contribution is 2.27. The van der Waals surface area contributed by atoms with Crippen molar-refractivity contribution >= 4 is 33.2 Å². The molecular weight excluding hydrogens is 368 g/mol. The van der Waals surface area contributed by atoms with E-state index in [2.05, 4.69) is 10.0 Å². The SMILES string of the molecule is COc1ccc(NC(=O)c2ccc(S(=O)(=O)NC(C)(C)C)o2)c(Cl)c1. The maximum absolute atomic E-state index is 12.2. The molecule has 0 radical (unpaired) electrons. The van der Waals surface area contributed by atoms with Crippen LogP contribution in [0.4, 0.5) is 5.69 Å². The molecule has 0 atom stereocenters. The van der Waals surface area contributed by atoms with Crippen molar-refractivity contribution in [3.63, 3.8) is 0 Å². The summed E-state index contributed by atoms with van der Waals surface area (Å²) in [7, 11) is -2.36. The summed E-state index contributed by atoms with van der Waals surface area (Å²) in [6, 6.07) is 7.25. The lowest BCUT2D eigenvalue weighted by Crippen LogP contribution is -2.40. The number of amides is 1. The Hall–Kier alpha value is -2.03. The average molecular weight is 387 g/mol. The lowest BCUT2D eigenvalue weighted by molar-refractivity contribution is 0.0991. The molecule has 0 saturated heterocycles. The number of carbonyl (C=O) groups is 1. The van der Waals surface area contributed by atoms with Crippen LogP contribution in [0.2, 0.25) is 5.02 Å². The number of benzene rings is 1. The van der Waals surface area contributed by atoms with Gasteiger partial charge in [0.25, 0.3) is 15.9 Å². The number of hydrogen-bond acceptors (Lipinski definition) is 5. The van der Waals surface area contributed by atoms with Crippen molar-refractivity contribution in [2.24, 2.45) is 0 Å². The van der Waals surface area contributed by atoms with Gasteiger partial charge in [0.15, 0.2) is 5.76 Å². The van der Waals surface area contributed by atoms with E-state index in [1.807, 2.05) is 0 Å². The van der Waals surface area contributed by atoms with Crippen molar-refractivity contribution in [1.82, 2.24) is 4.72 Å². The molecule has 9 heteroatoms. The number of halogens is 1. The third kappa shape index (κ3) is 4.97. The quantitative estimate of drug-likeness (QED) is 0.821. The maximum atomic E-state index is 12.2. The van der Waals surface area contributed by atoms with Crippen LogP contribution in [0.15, 0.2) is 39.8 Å². The lowest BCUT2D eigenvalue weighted by atomic mass is 10.1. The number of carbonyl (C=O) groups excluding carboxylic acids is 1. The zero-order chi connectivity index (χ0) is 18.8. The first kappa shape index (κ1) is 19.3. The Morgan fingerprint density at radius 1 is 1.20 bits per heavy atom. The van der Waals surface area contributed by atoms with Gasteiger partial charge in [0.2, 0.25) is 5.09 Å². The van der Waals surface area contributed by atoms with Gasteiger partial charge in [0, 0.05) is 11.6 Å². The van der Waals surface area contributed by atoms with Gasteiger partial charge in [-0.3, -0.25) is 4.79 Å². The van der Waals surface area contributed by atoms with E-state index in [1.165, 1.54) is 19.2 Å². The number of hydrogen-bond donors (Lipinski definition) is 2. The molecule has 7 nitrogen and oxygen atoms in total. The monoisotopic (exact) mass is 386 g/mol. The predicted molar refractivity (Wildman–Crippen MR) is 94.7 cm³/mol.